The standard InChI is InChI=1S/C7H15N.C6H13NO/c1-7(2)8-5-3-4-6-8;1-2-7-3-5-8-6-4-7/h7H,3-6H2,1-2H3;2-6H2,1H3/p+2. The maximum Gasteiger partial charge on any atom is 0.101 e. The van der Waals surface area contributed by atoms with Gasteiger partial charge in [0.25, 0.3) is 0 Å². The monoisotopic (exact) mass is 230 g/mol. The molecule has 0 radical (unpaired) electrons. The third kappa shape index (κ3) is 5.28. The highest BCUT2D eigenvalue weighted by atomic mass is 16.5. The molecule has 0 atom stereocenters. The van der Waals surface area contributed by atoms with Crippen molar-refractivity contribution in [1.82, 2.24) is 0 Å². The molecule has 0 spiro atoms. The number of rotatable bonds is 2. The Labute approximate surface area is 101 Å². The van der Waals surface area contributed by atoms with E-state index in [2.05, 4.69) is 20.8 Å². The van der Waals surface area contributed by atoms with E-state index in [0.717, 1.165) is 19.3 Å². The van der Waals surface area contributed by atoms with Crippen molar-refractivity contribution in [2.24, 2.45) is 0 Å². The SMILES string of the molecule is CC(C)[NH+]1CCCC1.CC[NH+]1CCOCC1. The van der Waals surface area contributed by atoms with Crippen LogP contribution in [0.2, 0.25) is 0 Å². The topological polar surface area (TPSA) is 18.1 Å². The first kappa shape index (κ1) is 13.9. The van der Waals surface area contributed by atoms with Crippen molar-refractivity contribution >= 4 is 0 Å². The van der Waals surface area contributed by atoms with Gasteiger partial charge in [0, 0.05) is 12.8 Å². The minimum atomic E-state index is 0.859. The van der Waals surface area contributed by atoms with Gasteiger partial charge in [-0.1, -0.05) is 0 Å². The van der Waals surface area contributed by atoms with Gasteiger partial charge >= 0.3 is 0 Å². The molecule has 2 aliphatic rings. The molecule has 0 aromatic rings. The molecule has 3 heteroatoms. The fourth-order valence-electron chi connectivity index (χ4n) is 2.42. The number of morpholine rings is 1. The van der Waals surface area contributed by atoms with Crippen molar-refractivity contribution in [3.05, 3.63) is 0 Å². The van der Waals surface area contributed by atoms with Gasteiger partial charge < -0.3 is 14.5 Å². The average molecular weight is 230 g/mol. The molecule has 2 fully saturated rings. The molecule has 0 saturated carbocycles. The number of quaternary nitrogens is 2. The number of likely N-dealkylation sites (tertiary alicyclic amines) is 1. The minimum absolute atomic E-state index is 0.859. The summed E-state index contributed by atoms with van der Waals surface area (Å²) in [7, 11) is 0. The van der Waals surface area contributed by atoms with E-state index in [1.807, 2.05) is 0 Å². The molecule has 0 unspecified atom stereocenters. The molecule has 0 amide bonds. The molecule has 16 heavy (non-hydrogen) atoms. The van der Waals surface area contributed by atoms with E-state index in [0.29, 0.717) is 0 Å². The van der Waals surface area contributed by atoms with E-state index in [4.69, 9.17) is 4.74 Å². The van der Waals surface area contributed by atoms with E-state index in [1.165, 1.54) is 45.6 Å². The van der Waals surface area contributed by atoms with Crippen molar-refractivity contribution in [3.63, 3.8) is 0 Å². The van der Waals surface area contributed by atoms with Crippen LogP contribution in [-0.2, 0) is 4.74 Å². The number of hydrogen-bond acceptors (Lipinski definition) is 1. The van der Waals surface area contributed by atoms with Crippen LogP contribution in [0.4, 0.5) is 0 Å². The third-order valence-electron chi connectivity index (χ3n) is 3.76. The summed E-state index contributed by atoms with van der Waals surface area (Å²) >= 11 is 0. The summed E-state index contributed by atoms with van der Waals surface area (Å²) in [6, 6.07) is 0.859. The molecule has 2 aliphatic heterocycles. The Balaban J connectivity index is 0.000000160. The van der Waals surface area contributed by atoms with E-state index in [9.17, 15) is 0 Å². The highest BCUT2D eigenvalue weighted by Gasteiger charge is 2.17. The van der Waals surface area contributed by atoms with Crippen LogP contribution in [0.15, 0.2) is 0 Å². The maximum absolute atomic E-state index is 5.18. The van der Waals surface area contributed by atoms with Gasteiger partial charge in [0.15, 0.2) is 0 Å². The van der Waals surface area contributed by atoms with Crippen LogP contribution in [-0.4, -0.2) is 52.0 Å². The summed E-state index contributed by atoms with van der Waals surface area (Å²) in [4.78, 5) is 3.47. The quantitative estimate of drug-likeness (QED) is 0.622. The van der Waals surface area contributed by atoms with Gasteiger partial charge in [-0.15, -0.1) is 0 Å². The first-order valence-electron chi connectivity index (χ1n) is 7.00. The van der Waals surface area contributed by atoms with Gasteiger partial charge in [0.05, 0.1) is 38.9 Å². The zero-order valence-electron chi connectivity index (χ0n) is 11.3. The van der Waals surface area contributed by atoms with Crippen molar-refractivity contribution in [1.29, 1.82) is 0 Å². The van der Waals surface area contributed by atoms with Gasteiger partial charge in [-0.2, -0.15) is 0 Å². The molecule has 2 rings (SSSR count). The van der Waals surface area contributed by atoms with Crippen molar-refractivity contribution in [3.8, 4) is 0 Å². The second-order valence-corrected chi connectivity index (χ2v) is 5.24. The summed E-state index contributed by atoms with van der Waals surface area (Å²) in [5, 5.41) is 0. The molecule has 2 N–H and O–H groups in total. The zero-order chi connectivity index (χ0) is 11.8. The Morgan fingerprint density at radius 3 is 1.88 bits per heavy atom. The first-order valence-corrected chi connectivity index (χ1v) is 7.00. The van der Waals surface area contributed by atoms with E-state index in [-0.39, 0.29) is 0 Å². The second-order valence-electron chi connectivity index (χ2n) is 5.24. The lowest BCUT2D eigenvalue weighted by Crippen LogP contribution is -3.13. The molecule has 3 nitrogen and oxygen atoms in total. The number of likely N-dealkylation sites (N-methyl/N-ethyl adjacent to an activating group) is 1. The lowest BCUT2D eigenvalue weighted by molar-refractivity contribution is -0.909. The smallest absolute Gasteiger partial charge is 0.101 e. The van der Waals surface area contributed by atoms with Gasteiger partial charge in [0.2, 0.25) is 0 Å². The maximum atomic E-state index is 5.18. The van der Waals surface area contributed by atoms with Crippen LogP contribution in [0, 0.1) is 0 Å². The molecule has 2 heterocycles. The average Bonchev–Trinajstić information content (AvgIpc) is 2.85. The highest BCUT2D eigenvalue weighted by molar-refractivity contribution is 4.46. The predicted molar refractivity (Wildman–Crippen MR) is 67.1 cm³/mol. The summed E-state index contributed by atoms with van der Waals surface area (Å²) < 4.78 is 5.18. The minimum Gasteiger partial charge on any atom is -0.370 e. The van der Waals surface area contributed by atoms with Gasteiger partial charge in [0.1, 0.15) is 13.1 Å². The predicted octanol–water partition coefficient (Wildman–Crippen LogP) is -1.01. The van der Waals surface area contributed by atoms with E-state index in [1.54, 1.807) is 9.80 Å². The van der Waals surface area contributed by atoms with Crippen LogP contribution in [0.5, 0.6) is 0 Å². The molecular formula is C13H30N2O+2. The van der Waals surface area contributed by atoms with Gasteiger partial charge in [-0.05, 0) is 20.8 Å². The zero-order valence-corrected chi connectivity index (χ0v) is 11.3. The molecule has 0 bridgehead atoms. The lowest BCUT2D eigenvalue weighted by Gasteiger charge is -2.21. The summed E-state index contributed by atoms with van der Waals surface area (Å²) in [5.74, 6) is 0. The largest absolute Gasteiger partial charge is 0.370 e. The van der Waals surface area contributed by atoms with Crippen molar-refractivity contribution in [2.45, 2.75) is 39.7 Å². The molecule has 0 aromatic heterocycles. The highest BCUT2D eigenvalue weighted by Crippen LogP contribution is 1.88. The Hall–Kier alpha value is -0.120. The summed E-state index contributed by atoms with van der Waals surface area (Å²) in [6.45, 7) is 15.2. The molecule has 0 aromatic carbocycles. The molecule has 0 aliphatic carbocycles. The lowest BCUT2D eigenvalue weighted by atomic mass is 10.3. The number of nitrogens with one attached hydrogen (secondary N) is 2. The third-order valence-corrected chi connectivity index (χ3v) is 3.76. The fourth-order valence-corrected chi connectivity index (χ4v) is 2.42. The molecule has 2 saturated heterocycles. The first-order chi connectivity index (χ1) is 7.74. The van der Waals surface area contributed by atoms with E-state index >= 15 is 0 Å². The van der Waals surface area contributed by atoms with Gasteiger partial charge in [-0.3, -0.25) is 0 Å². The van der Waals surface area contributed by atoms with Crippen LogP contribution >= 0.6 is 0 Å². The van der Waals surface area contributed by atoms with Crippen LogP contribution < -0.4 is 9.80 Å². The number of ether oxygens (including phenoxy) is 1. The van der Waals surface area contributed by atoms with Crippen LogP contribution in [0.25, 0.3) is 0 Å². The Morgan fingerprint density at radius 1 is 1.00 bits per heavy atom. The Kier molecular flexibility index (Phi) is 7.01. The number of hydrogen-bond donors (Lipinski definition) is 2. The normalized spacial score (nSPS) is 23.2. The Bertz CT molecular complexity index is 161. The van der Waals surface area contributed by atoms with Crippen molar-refractivity contribution in [2.75, 3.05) is 45.9 Å². The van der Waals surface area contributed by atoms with Gasteiger partial charge in [-0.25, -0.2) is 0 Å². The molecule has 96 valence electrons. The van der Waals surface area contributed by atoms with E-state index < -0.39 is 0 Å². The fraction of sp³-hybridized carbons (Fsp3) is 1.00. The second kappa shape index (κ2) is 8.04. The summed E-state index contributed by atoms with van der Waals surface area (Å²) in [5.41, 5.74) is 0. The van der Waals surface area contributed by atoms with Crippen molar-refractivity contribution < 1.29 is 14.5 Å². The van der Waals surface area contributed by atoms with Crippen LogP contribution in [0.3, 0.4) is 0 Å². The van der Waals surface area contributed by atoms with Crippen LogP contribution in [0.1, 0.15) is 33.6 Å². The molecular weight excluding hydrogens is 200 g/mol. The summed E-state index contributed by atoms with van der Waals surface area (Å²) in [6.07, 6.45) is 2.90. The Morgan fingerprint density at radius 2 is 1.56 bits per heavy atom.